The zero-order valence-corrected chi connectivity index (χ0v) is 12.1. The largest absolute Gasteiger partial charge is 0.369 e. The molecule has 1 aliphatic rings. The second-order valence-corrected chi connectivity index (χ2v) is 6.34. The van der Waals surface area contributed by atoms with Crippen LogP contribution in [0, 0.1) is 12.3 Å². The van der Waals surface area contributed by atoms with Gasteiger partial charge in [-0.1, -0.05) is 6.92 Å². The first-order valence-electron chi connectivity index (χ1n) is 6.62. The summed E-state index contributed by atoms with van der Waals surface area (Å²) in [6.07, 6.45) is 2.86. The van der Waals surface area contributed by atoms with E-state index < -0.39 is 0 Å². The van der Waals surface area contributed by atoms with E-state index in [0.717, 1.165) is 38.9 Å². The molecule has 2 rings (SSSR count). The van der Waals surface area contributed by atoms with Gasteiger partial charge in [-0.15, -0.1) is 11.3 Å². The van der Waals surface area contributed by atoms with Crippen LogP contribution in [0.5, 0.6) is 0 Å². The van der Waals surface area contributed by atoms with Crippen molar-refractivity contribution in [2.24, 2.45) is 11.1 Å². The maximum absolute atomic E-state index is 11.7. The Bertz CT molecular complexity index is 429. The van der Waals surface area contributed by atoms with Crippen molar-refractivity contribution >= 4 is 17.2 Å². The lowest BCUT2D eigenvalue weighted by Crippen LogP contribution is -2.49. The van der Waals surface area contributed by atoms with E-state index in [1.54, 1.807) is 11.3 Å². The van der Waals surface area contributed by atoms with E-state index in [9.17, 15) is 4.79 Å². The SMILES string of the molecule is CCC1(C(N)=O)CCCN(Cc2sccc2C)C1. The molecule has 0 saturated carbocycles. The van der Waals surface area contributed by atoms with Gasteiger partial charge in [-0.3, -0.25) is 9.69 Å². The van der Waals surface area contributed by atoms with E-state index in [4.69, 9.17) is 5.73 Å². The fourth-order valence-electron chi connectivity index (χ4n) is 2.80. The van der Waals surface area contributed by atoms with Crippen LogP contribution in [0.15, 0.2) is 11.4 Å². The summed E-state index contributed by atoms with van der Waals surface area (Å²) < 4.78 is 0. The molecule has 1 aliphatic heterocycles. The Morgan fingerprint density at radius 3 is 2.94 bits per heavy atom. The zero-order valence-electron chi connectivity index (χ0n) is 11.2. The molecule has 1 aromatic heterocycles. The number of amides is 1. The minimum absolute atomic E-state index is 0.127. The quantitative estimate of drug-likeness (QED) is 0.910. The molecular formula is C14H22N2OS. The summed E-state index contributed by atoms with van der Waals surface area (Å²) in [5.74, 6) is -0.127. The second-order valence-electron chi connectivity index (χ2n) is 5.34. The molecule has 4 heteroatoms. The van der Waals surface area contributed by atoms with Crippen LogP contribution >= 0.6 is 11.3 Å². The Morgan fingerprint density at radius 2 is 2.39 bits per heavy atom. The molecule has 18 heavy (non-hydrogen) atoms. The van der Waals surface area contributed by atoms with Gasteiger partial charge in [0.25, 0.3) is 0 Å². The number of hydrogen-bond acceptors (Lipinski definition) is 3. The van der Waals surface area contributed by atoms with Gasteiger partial charge in [-0.05, 0) is 49.7 Å². The number of aryl methyl sites for hydroxylation is 1. The molecule has 2 N–H and O–H groups in total. The molecule has 3 nitrogen and oxygen atoms in total. The highest BCUT2D eigenvalue weighted by molar-refractivity contribution is 7.10. The lowest BCUT2D eigenvalue weighted by molar-refractivity contribution is -0.131. The maximum Gasteiger partial charge on any atom is 0.224 e. The third-order valence-corrected chi connectivity index (χ3v) is 5.20. The zero-order chi connectivity index (χ0) is 13.2. The molecule has 0 bridgehead atoms. The number of nitrogens with zero attached hydrogens (tertiary/aromatic N) is 1. The lowest BCUT2D eigenvalue weighted by Gasteiger charge is -2.40. The van der Waals surface area contributed by atoms with Crippen LogP contribution in [0.2, 0.25) is 0 Å². The Kier molecular flexibility index (Phi) is 4.07. The number of thiophene rings is 1. The van der Waals surface area contributed by atoms with Gasteiger partial charge in [0.15, 0.2) is 0 Å². The summed E-state index contributed by atoms with van der Waals surface area (Å²) >= 11 is 1.80. The first-order valence-corrected chi connectivity index (χ1v) is 7.50. The fourth-order valence-corrected chi connectivity index (χ4v) is 3.74. The van der Waals surface area contributed by atoms with Crippen molar-refractivity contribution < 1.29 is 4.79 Å². The van der Waals surface area contributed by atoms with E-state index in [1.807, 2.05) is 0 Å². The van der Waals surface area contributed by atoms with E-state index in [1.165, 1.54) is 10.4 Å². The van der Waals surface area contributed by atoms with Crippen molar-refractivity contribution in [2.75, 3.05) is 13.1 Å². The van der Waals surface area contributed by atoms with Gasteiger partial charge in [0.05, 0.1) is 5.41 Å². The van der Waals surface area contributed by atoms with Crippen LogP contribution in [0.3, 0.4) is 0 Å². The van der Waals surface area contributed by atoms with E-state index in [0.29, 0.717) is 0 Å². The van der Waals surface area contributed by atoms with Crippen molar-refractivity contribution in [3.05, 3.63) is 21.9 Å². The predicted molar refractivity (Wildman–Crippen MR) is 75.5 cm³/mol. The first-order chi connectivity index (χ1) is 8.57. The molecule has 0 aliphatic carbocycles. The highest BCUT2D eigenvalue weighted by atomic mass is 32.1. The average Bonchev–Trinajstić information content (AvgIpc) is 2.75. The summed E-state index contributed by atoms with van der Waals surface area (Å²) in [5, 5.41) is 2.13. The third-order valence-electron chi connectivity index (χ3n) is 4.19. The molecule has 1 fully saturated rings. The summed E-state index contributed by atoms with van der Waals surface area (Å²) in [4.78, 5) is 15.5. The smallest absolute Gasteiger partial charge is 0.224 e. The van der Waals surface area contributed by atoms with E-state index in [2.05, 4.69) is 30.2 Å². The van der Waals surface area contributed by atoms with Gasteiger partial charge in [-0.25, -0.2) is 0 Å². The summed E-state index contributed by atoms with van der Waals surface area (Å²) in [5.41, 5.74) is 6.67. The molecule has 2 heterocycles. The number of primary amides is 1. The third kappa shape index (κ3) is 2.59. The van der Waals surface area contributed by atoms with E-state index in [-0.39, 0.29) is 11.3 Å². The van der Waals surface area contributed by atoms with Crippen molar-refractivity contribution in [3.63, 3.8) is 0 Å². The van der Waals surface area contributed by atoms with Gasteiger partial charge >= 0.3 is 0 Å². The van der Waals surface area contributed by atoms with Crippen molar-refractivity contribution in [1.29, 1.82) is 0 Å². The van der Waals surface area contributed by atoms with E-state index >= 15 is 0 Å². The van der Waals surface area contributed by atoms with Crippen LogP contribution < -0.4 is 5.73 Å². The topological polar surface area (TPSA) is 46.3 Å². The number of nitrogens with two attached hydrogens (primary N) is 1. The van der Waals surface area contributed by atoms with Gasteiger partial charge in [0.1, 0.15) is 0 Å². The predicted octanol–water partition coefficient (Wildman–Crippen LogP) is 2.53. The molecule has 100 valence electrons. The Morgan fingerprint density at radius 1 is 1.61 bits per heavy atom. The number of carbonyl (C=O) groups is 1. The molecule has 0 aromatic carbocycles. The van der Waals surface area contributed by atoms with Gasteiger partial charge in [-0.2, -0.15) is 0 Å². The molecule has 0 spiro atoms. The number of rotatable bonds is 4. The first kappa shape index (κ1) is 13.6. The van der Waals surface area contributed by atoms with Crippen molar-refractivity contribution in [2.45, 2.75) is 39.7 Å². The molecular weight excluding hydrogens is 244 g/mol. The van der Waals surface area contributed by atoms with Crippen LogP contribution in [0.4, 0.5) is 0 Å². The van der Waals surface area contributed by atoms with Crippen LogP contribution in [-0.4, -0.2) is 23.9 Å². The lowest BCUT2D eigenvalue weighted by atomic mass is 9.77. The van der Waals surface area contributed by atoms with Crippen LogP contribution in [0.25, 0.3) is 0 Å². The average molecular weight is 266 g/mol. The maximum atomic E-state index is 11.7. The van der Waals surface area contributed by atoms with Crippen LogP contribution in [0.1, 0.15) is 36.6 Å². The Hall–Kier alpha value is -0.870. The number of hydrogen-bond donors (Lipinski definition) is 1. The van der Waals surface area contributed by atoms with Gasteiger partial charge in [0, 0.05) is 18.0 Å². The van der Waals surface area contributed by atoms with Gasteiger partial charge in [0.2, 0.25) is 5.91 Å². The summed E-state index contributed by atoms with van der Waals surface area (Å²) in [6, 6.07) is 2.16. The molecule has 1 aromatic rings. The number of likely N-dealkylation sites (tertiary alicyclic amines) is 1. The monoisotopic (exact) mass is 266 g/mol. The molecule has 1 atom stereocenters. The summed E-state index contributed by atoms with van der Waals surface area (Å²) in [7, 11) is 0. The fraction of sp³-hybridized carbons (Fsp3) is 0.643. The number of piperidine rings is 1. The van der Waals surface area contributed by atoms with Gasteiger partial charge < -0.3 is 5.73 Å². The highest BCUT2D eigenvalue weighted by Gasteiger charge is 2.39. The second kappa shape index (κ2) is 5.41. The summed E-state index contributed by atoms with van der Waals surface area (Å²) in [6.45, 7) is 7.07. The molecule has 1 saturated heterocycles. The Labute approximate surface area is 113 Å². The van der Waals surface area contributed by atoms with Crippen LogP contribution in [-0.2, 0) is 11.3 Å². The minimum atomic E-state index is -0.302. The van der Waals surface area contributed by atoms with Crippen molar-refractivity contribution in [1.82, 2.24) is 4.90 Å². The highest BCUT2D eigenvalue weighted by Crippen LogP contribution is 2.34. The van der Waals surface area contributed by atoms with Crippen molar-refractivity contribution in [3.8, 4) is 0 Å². The molecule has 0 radical (unpaired) electrons. The normalized spacial score (nSPS) is 25.2. The minimum Gasteiger partial charge on any atom is -0.369 e. The molecule has 1 amide bonds. The standard InChI is InChI=1S/C14H22N2OS/c1-3-14(13(15)17)6-4-7-16(10-14)9-12-11(2)5-8-18-12/h5,8H,3-4,6-7,9-10H2,1-2H3,(H2,15,17). The molecule has 1 unspecified atom stereocenters. The Balaban J connectivity index is 2.07. The number of carbonyl (C=O) groups excluding carboxylic acids is 1.